The number of benzene rings is 1. The largest absolute Gasteiger partial charge is 0.496 e. The zero-order valence-corrected chi connectivity index (χ0v) is 41.6. The van der Waals surface area contributed by atoms with E-state index in [1.807, 2.05) is 20.8 Å². The Morgan fingerprint density at radius 1 is 0.662 bits per heavy atom. The number of methoxy groups -OCH3 is 1. The van der Waals surface area contributed by atoms with Crippen molar-refractivity contribution in [2.75, 3.05) is 80.6 Å². The van der Waals surface area contributed by atoms with Gasteiger partial charge in [-0.2, -0.15) is 0 Å². The smallest absolute Gasteiger partial charge is 0.410 e. The maximum Gasteiger partial charge on any atom is 0.410 e. The van der Waals surface area contributed by atoms with Gasteiger partial charge in [-0.3, -0.25) is 24.0 Å². The van der Waals surface area contributed by atoms with Crippen molar-refractivity contribution in [3.05, 3.63) is 28.8 Å². The molecule has 5 rings (SSSR count). The molecule has 4 aliphatic rings. The normalized spacial score (nSPS) is 20.7. The molecule has 0 aromatic heterocycles. The molecule has 4 atom stereocenters. The molecular formula is C45H75Cl2N7O11. The minimum absolute atomic E-state index is 0. The van der Waals surface area contributed by atoms with Crippen LogP contribution >= 0.6 is 24.0 Å². The van der Waals surface area contributed by atoms with E-state index < -0.39 is 29.2 Å². The molecule has 65 heavy (non-hydrogen) atoms. The van der Waals surface area contributed by atoms with E-state index in [1.165, 1.54) is 12.0 Å². The third-order valence-electron chi connectivity index (χ3n) is 10.7. The summed E-state index contributed by atoms with van der Waals surface area (Å²) in [5, 5.41) is 20.5. The molecule has 0 aliphatic carbocycles. The van der Waals surface area contributed by atoms with Crippen LogP contribution in [0.4, 0.5) is 9.59 Å². The van der Waals surface area contributed by atoms with Crippen molar-refractivity contribution in [3.8, 4) is 5.75 Å². The lowest BCUT2D eigenvalue weighted by Gasteiger charge is -2.33. The number of rotatable bonds is 6. The number of nitrogens with zero attached hydrogens (tertiary/aromatic N) is 3. The van der Waals surface area contributed by atoms with E-state index in [9.17, 15) is 33.6 Å². The molecule has 1 aromatic carbocycles. The van der Waals surface area contributed by atoms with E-state index in [2.05, 4.69) is 21.3 Å². The molecule has 0 bridgehead atoms. The van der Waals surface area contributed by atoms with Crippen molar-refractivity contribution in [2.45, 2.75) is 104 Å². The van der Waals surface area contributed by atoms with E-state index in [0.29, 0.717) is 55.5 Å². The average molecular weight is 961 g/mol. The minimum atomic E-state index is -0.840. The number of piperidine rings is 4. The predicted molar refractivity (Wildman–Crippen MR) is 250 cm³/mol. The number of carboxylic acids is 1. The number of carbonyl (C=O) groups excluding carboxylic acids is 6. The predicted octanol–water partition coefficient (Wildman–Crippen LogP) is 5.20. The van der Waals surface area contributed by atoms with Crippen molar-refractivity contribution >= 4 is 65.8 Å². The van der Waals surface area contributed by atoms with Gasteiger partial charge in [0.05, 0.1) is 36.3 Å². The number of halogens is 2. The first-order valence-electron chi connectivity index (χ1n) is 22.2. The fourth-order valence-electron chi connectivity index (χ4n) is 7.44. The van der Waals surface area contributed by atoms with Gasteiger partial charge in [-0.25, -0.2) is 9.59 Å². The Kier molecular flexibility index (Phi) is 25.6. The monoisotopic (exact) mass is 959 g/mol. The maximum atomic E-state index is 12.6. The number of carboxylic acid groups (broad SMARTS) is 1. The zero-order chi connectivity index (χ0) is 48.2. The van der Waals surface area contributed by atoms with Crippen LogP contribution in [0.2, 0.25) is 5.02 Å². The number of likely N-dealkylation sites (tertiary alicyclic amines) is 3. The van der Waals surface area contributed by atoms with Crippen molar-refractivity contribution in [2.24, 2.45) is 23.7 Å². The highest BCUT2D eigenvalue weighted by atomic mass is 35.5. The van der Waals surface area contributed by atoms with Crippen LogP contribution in [0.25, 0.3) is 0 Å². The first-order valence-corrected chi connectivity index (χ1v) is 22.6. The molecule has 370 valence electrons. The molecular weight excluding hydrogens is 885 g/mol. The van der Waals surface area contributed by atoms with E-state index >= 15 is 0 Å². The first-order chi connectivity index (χ1) is 30.0. The van der Waals surface area contributed by atoms with E-state index in [-0.39, 0.29) is 66.4 Å². The van der Waals surface area contributed by atoms with Gasteiger partial charge in [-0.1, -0.05) is 11.6 Å². The summed E-state index contributed by atoms with van der Waals surface area (Å²) in [5.41, 5.74) is -0.591. The quantitative estimate of drug-likeness (QED) is 0.248. The van der Waals surface area contributed by atoms with E-state index in [0.717, 1.165) is 58.0 Å². The molecule has 18 nitrogen and oxygen atoms in total. The van der Waals surface area contributed by atoms with Crippen LogP contribution in [0.3, 0.4) is 0 Å². The van der Waals surface area contributed by atoms with Crippen molar-refractivity contribution < 1.29 is 52.9 Å². The molecule has 4 fully saturated rings. The van der Waals surface area contributed by atoms with Gasteiger partial charge < -0.3 is 55.3 Å². The van der Waals surface area contributed by atoms with Gasteiger partial charge in [0.1, 0.15) is 17.0 Å². The Morgan fingerprint density at radius 3 is 1.49 bits per heavy atom. The Bertz CT molecular complexity index is 1720. The van der Waals surface area contributed by atoms with Crippen LogP contribution in [-0.4, -0.2) is 153 Å². The number of aliphatic carboxylic acids is 1. The molecule has 4 saturated heterocycles. The summed E-state index contributed by atoms with van der Waals surface area (Å²) in [6, 6.07) is 4.96. The van der Waals surface area contributed by atoms with Gasteiger partial charge in [-0.05, 0) is 118 Å². The average Bonchev–Trinajstić information content (AvgIpc) is 3.27. The third kappa shape index (κ3) is 21.1. The third-order valence-corrected chi connectivity index (χ3v) is 11.0. The van der Waals surface area contributed by atoms with Gasteiger partial charge >= 0.3 is 18.2 Å². The summed E-state index contributed by atoms with van der Waals surface area (Å²) in [7, 11) is 6.44. The van der Waals surface area contributed by atoms with E-state index in [4.69, 9.17) is 30.9 Å². The van der Waals surface area contributed by atoms with Gasteiger partial charge in [0, 0.05) is 72.0 Å². The Morgan fingerprint density at radius 2 is 1.08 bits per heavy atom. The van der Waals surface area contributed by atoms with Crippen molar-refractivity contribution in [1.82, 2.24) is 36.0 Å². The Labute approximate surface area is 396 Å². The number of amides is 6. The lowest BCUT2D eigenvalue weighted by atomic mass is 9.96. The summed E-state index contributed by atoms with van der Waals surface area (Å²) in [4.78, 5) is 86.1. The highest BCUT2D eigenvalue weighted by Gasteiger charge is 2.33. The number of carbonyl (C=O) groups is 7. The zero-order valence-electron chi connectivity index (χ0n) is 40.0. The fraction of sp³-hybridized carbons (Fsp3) is 0.711. The molecule has 1 aromatic rings. The minimum Gasteiger partial charge on any atom is -0.496 e. The number of ether oxygens (including phenoxy) is 3. The first kappa shape index (κ1) is 58.5. The molecule has 4 heterocycles. The highest BCUT2D eigenvalue weighted by Crippen LogP contribution is 2.27. The van der Waals surface area contributed by atoms with Crippen LogP contribution in [0, 0.1) is 23.7 Å². The molecule has 4 aliphatic heterocycles. The number of nitrogens with one attached hydrogen (secondary N) is 4. The van der Waals surface area contributed by atoms with Crippen LogP contribution in [0.1, 0.15) is 103 Å². The lowest BCUT2D eigenvalue weighted by Crippen LogP contribution is -2.46. The second-order valence-electron chi connectivity index (χ2n) is 18.2. The summed E-state index contributed by atoms with van der Waals surface area (Å²) in [6.07, 6.45) is 6.05. The number of hydrogen-bond acceptors (Lipinski definition) is 11. The highest BCUT2D eigenvalue weighted by molar-refractivity contribution is 6.31. The summed E-state index contributed by atoms with van der Waals surface area (Å²) >= 11 is 5.97. The SMILES string of the molecule is CC(C)(C)OC(=O)N1CCCC(C(=O)O)C1.CNC(=O)C1CCCN(C(=O)OC(C)(C)C)C1.CNC(=O)C1CCCN(C(=O)c2cc(Cl)ccc2OC)C1.CNC(=O)C1CCCNC1.Cl. The lowest BCUT2D eigenvalue weighted by molar-refractivity contribution is -0.143. The topological polar surface area (TPSA) is 225 Å². The van der Waals surface area contributed by atoms with Crippen LogP contribution in [0.15, 0.2) is 18.2 Å². The second kappa shape index (κ2) is 28.5. The summed E-state index contributed by atoms with van der Waals surface area (Å²) < 4.78 is 15.7. The Balaban J connectivity index is 0.000000443. The van der Waals surface area contributed by atoms with Crippen LogP contribution < -0.4 is 26.0 Å². The fourth-order valence-corrected chi connectivity index (χ4v) is 7.61. The number of hydrogen-bond donors (Lipinski definition) is 5. The van der Waals surface area contributed by atoms with Gasteiger partial charge in [-0.15, -0.1) is 12.4 Å². The Hall–Kier alpha value is -4.55. The summed E-state index contributed by atoms with van der Waals surface area (Å²) in [5.74, 6) is -0.863. The van der Waals surface area contributed by atoms with Gasteiger partial charge in [0.2, 0.25) is 17.7 Å². The van der Waals surface area contributed by atoms with E-state index in [1.54, 1.807) is 69.9 Å². The second-order valence-corrected chi connectivity index (χ2v) is 18.6. The standard InChI is InChI=1S/C15H19ClN2O3.C12H22N2O3.C11H19NO4.C7H14N2O.ClH/c1-17-14(19)10-4-3-7-18(9-10)15(20)12-8-11(16)5-6-13(12)21-2;1-12(2,3)17-11(16)14-7-5-6-9(8-14)10(15)13-4;1-11(2,3)16-10(15)12-6-4-5-8(7-12)9(13)14;1-8-7(10)6-3-2-4-9-5-6;/h5-6,8,10H,3-4,7,9H2,1-2H3,(H,17,19);9H,5-8H2,1-4H3,(H,13,15);8H,4-7H2,1-3H3,(H,13,14);6,9H,2-5H2,1H3,(H,8,10);1H. The molecule has 4 unspecified atom stereocenters. The molecule has 0 radical (unpaired) electrons. The van der Waals surface area contributed by atoms with Crippen LogP contribution in [0.5, 0.6) is 5.75 Å². The van der Waals surface area contributed by atoms with Crippen molar-refractivity contribution in [1.29, 1.82) is 0 Å². The van der Waals surface area contributed by atoms with Crippen LogP contribution in [-0.2, 0) is 28.7 Å². The molecule has 5 N–H and O–H groups in total. The van der Waals surface area contributed by atoms with Gasteiger partial charge in [0.15, 0.2) is 0 Å². The van der Waals surface area contributed by atoms with Gasteiger partial charge in [0.25, 0.3) is 5.91 Å². The summed E-state index contributed by atoms with van der Waals surface area (Å²) in [6.45, 7) is 15.8. The maximum absolute atomic E-state index is 12.6. The molecule has 20 heteroatoms. The molecule has 0 saturated carbocycles. The molecule has 0 spiro atoms. The molecule has 6 amide bonds. The van der Waals surface area contributed by atoms with Crippen molar-refractivity contribution in [3.63, 3.8) is 0 Å².